The van der Waals surface area contributed by atoms with Crippen molar-refractivity contribution in [1.82, 2.24) is 9.80 Å². The van der Waals surface area contributed by atoms with Gasteiger partial charge in [-0.1, -0.05) is 18.2 Å². The summed E-state index contributed by atoms with van der Waals surface area (Å²) < 4.78 is 41.9. The van der Waals surface area contributed by atoms with Crippen LogP contribution in [0, 0.1) is 5.82 Å². The lowest BCUT2D eigenvalue weighted by molar-refractivity contribution is -0.131. The minimum Gasteiger partial charge on any atom is -0.435 e. The Morgan fingerprint density at radius 1 is 0.964 bits per heavy atom. The summed E-state index contributed by atoms with van der Waals surface area (Å²) in [4.78, 5) is 28.1. The van der Waals surface area contributed by atoms with E-state index in [1.54, 1.807) is 28.0 Å². The number of piperazine rings is 1. The van der Waals surface area contributed by atoms with Crippen LogP contribution in [0.2, 0.25) is 0 Å². The molecule has 1 fully saturated rings. The van der Waals surface area contributed by atoms with Gasteiger partial charge in [-0.3, -0.25) is 9.59 Å². The van der Waals surface area contributed by atoms with Crippen molar-refractivity contribution in [3.63, 3.8) is 0 Å². The summed E-state index contributed by atoms with van der Waals surface area (Å²) in [6.07, 6.45) is 0.132. The topological polar surface area (TPSA) is 49.9 Å². The standard InChI is InChI=1S/C20H19F3N2O3/c21-16-3-1-2-15(13-16)19(27)25-10-8-24(9-11-25)18(26)12-14-4-6-17(7-5-14)28-20(22)23/h1-7,13,20H,8-12H2. The van der Waals surface area contributed by atoms with Gasteiger partial charge in [0.2, 0.25) is 5.91 Å². The first-order valence-corrected chi connectivity index (χ1v) is 8.79. The molecule has 0 unspecified atom stereocenters. The molecule has 2 aromatic rings. The first-order chi connectivity index (χ1) is 13.4. The Morgan fingerprint density at radius 2 is 1.61 bits per heavy atom. The molecule has 0 N–H and O–H groups in total. The van der Waals surface area contributed by atoms with E-state index in [-0.39, 0.29) is 29.5 Å². The summed E-state index contributed by atoms with van der Waals surface area (Å²) in [5.41, 5.74) is 0.968. The first kappa shape index (κ1) is 19.7. The molecule has 1 saturated heterocycles. The van der Waals surface area contributed by atoms with E-state index in [1.165, 1.54) is 30.3 Å². The van der Waals surface area contributed by atoms with E-state index in [0.29, 0.717) is 31.7 Å². The molecule has 8 heteroatoms. The van der Waals surface area contributed by atoms with Crippen LogP contribution in [0.4, 0.5) is 13.2 Å². The van der Waals surface area contributed by atoms with Crippen molar-refractivity contribution >= 4 is 11.8 Å². The fourth-order valence-electron chi connectivity index (χ4n) is 3.04. The molecule has 148 valence electrons. The molecule has 0 saturated carbocycles. The predicted molar refractivity (Wildman–Crippen MR) is 95.7 cm³/mol. The molecule has 5 nitrogen and oxygen atoms in total. The zero-order valence-corrected chi connectivity index (χ0v) is 15.0. The molecule has 2 amide bonds. The van der Waals surface area contributed by atoms with Crippen molar-refractivity contribution in [1.29, 1.82) is 0 Å². The van der Waals surface area contributed by atoms with Crippen LogP contribution in [0.3, 0.4) is 0 Å². The summed E-state index contributed by atoms with van der Waals surface area (Å²) in [5, 5.41) is 0. The number of ether oxygens (including phenoxy) is 1. The quantitative estimate of drug-likeness (QED) is 0.786. The van der Waals surface area contributed by atoms with Gasteiger partial charge >= 0.3 is 6.61 Å². The largest absolute Gasteiger partial charge is 0.435 e. The lowest BCUT2D eigenvalue weighted by Crippen LogP contribution is -2.51. The number of carbonyl (C=O) groups excluding carboxylic acids is 2. The maximum absolute atomic E-state index is 13.3. The van der Waals surface area contributed by atoms with E-state index >= 15 is 0 Å². The number of hydrogen-bond acceptors (Lipinski definition) is 3. The smallest absolute Gasteiger partial charge is 0.387 e. The molecule has 3 rings (SSSR count). The average Bonchev–Trinajstić information content (AvgIpc) is 2.68. The number of hydrogen-bond donors (Lipinski definition) is 0. The zero-order valence-electron chi connectivity index (χ0n) is 15.0. The minimum absolute atomic E-state index is 0.0377. The Kier molecular flexibility index (Phi) is 6.18. The Bertz CT molecular complexity index is 835. The van der Waals surface area contributed by atoms with Crippen molar-refractivity contribution in [2.75, 3.05) is 26.2 Å². The molecular weight excluding hydrogens is 373 g/mol. The van der Waals surface area contributed by atoms with Crippen molar-refractivity contribution < 1.29 is 27.5 Å². The van der Waals surface area contributed by atoms with Crippen LogP contribution in [0.25, 0.3) is 0 Å². The SMILES string of the molecule is O=C(Cc1ccc(OC(F)F)cc1)N1CCN(C(=O)c2cccc(F)c2)CC1. The number of carbonyl (C=O) groups is 2. The van der Waals surface area contributed by atoms with E-state index in [9.17, 15) is 22.8 Å². The second kappa shape index (κ2) is 8.77. The van der Waals surface area contributed by atoms with E-state index in [1.807, 2.05) is 0 Å². The van der Waals surface area contributed by atoms with Crippen LogP contribution in [-0.2, 0) is 11.2 Å². The third kappa shape index (κ3) is 5.03. The average molecular weight is 392 g/mol. The molecule has 0 aromatic heterocycles. The monoisotopic (exact) mass is 392 g/mol. The van der Waals surface area contributed by atoms with E-state index in [2.05, 4.69) is 4.74 Å². The van der Waals surface area contributed by atoms with E-state index < -0.39 is 12.4 Å². The summed E-state index contributed by atoms with van der Waals surface area (Å²) >= 11 is 0. The summed E-state index contributed by atoms with van der Waals surface area (Å²) in [6, 6.07) is 11.4. The van der Waals surface area contributed by atoms with Gasteiger partial charge in [-0.2, -0.15) is 8.78 Å². The highest BCUT2D eigenvalue weighted by molar-refractivity contribution is 5.94. The zero-order chi connectivity index (χ0) is 20.1. The molecular formula is C20H19F3N2O3. The van der Waals surface area contributed by atoms with Crippen molar-refractivity contribution in [2.24, 2.45) is 0 Å². The fourth-order valence-corrected chi connectivity index (χ4v) is 3.04. The highest BCUT2D eigenvalue weighted by Crippen LogP contribution is 2.16. The summed E-state index contributed by atoms with van der Waals surface area (Å²) in [7, 11) is 0. The lowest BCUT2D eigenvalue weighted by atomic mass is 10.1. The number of halogens is 3. The highest BCUT2D eigenvalue weighted by Gasteiger charge is 2.25. The molecule has 1 heterocycles. The van der Waals surface area contributed by atoms with Crippen molar-refractivity contribution in [3.05, 3.63) is 65.5 Å². The van der Waals surface area contributed by atoms with E-state index in [4.69, 9.17) is 0 Å². The van der Waals surface area contributed by atoms with Gasteiger partial charge < -0.3 is 14.5 Å². The number of benzene rings is 2. The Hall–Kier alpha value is -3.03. The Morgan fingerprint density at radius 3 is 2.21 bits per heavy atom. The van der Waals surface area contributed by atoms with Gasteiger partial charge in [-0.15, -0.1) is 0 Å². The normalized spacial score (nSPS) is 14.3. The van der Waals surface area contributed by atoms with Gasteiger partial charge in [0.1, 0.15) is 11.6 Å². The van der Waals surface area contributed by atoms with Crippen molar-refractivity contribution in [3.8, 4) is 5.75 Å². The Labute approximate surface area is 160 Å². The summed E-state index contributed by atoms with van der Waals surface area (Å²) in [6.45, 7) is -1.40. The van der Waals surface area contributed by atoms with Crippen LogP contribution in [0.1, 0.15) is 15.9 Å². The molecule has 1 aliphatic heterocycles. The van der Waals surface area contributed by atoms with Gasteiger partial charge in [0.25, 0.3) is 5.91 Å². The molecule has 0 atom stereocenters. The number of alkyl halides is 2. The third-order valence-electron chi connectivity index (χ3n) is 4.50. The molecule has 0 spiro atoms. The lowest BCUT2D eigenvalue weighted by Gasteiger charge is -2.35. The summed E-state index contributed by atoms with van der Waals surface area (Å²) in [5.74, 6) is -0.804. The predicted octanol–water partition coefficient (Wildman–Crippen LogP) is 2.95. The second-order valence-corrected chi connectivity index (χ2v) is 6.38. The fraction of sp³-hybridized carbons (Fsp3) is 0.300. The van der Waals surface area contributed by atoms with Crippen molar-refractivity contribution in [2.45, 2.75) is 13.0 Å². The van der Waals surface area contributed by atoms with Gasteiger partial charge in [-0.05, 0) is 35.9 Å². The molecule has 0 radical (unpaired) electrons. The molecule has 0 bridgehead atoms. The minimum atomic E-state index is -2.89. The number of amides is 2. The van der Waals surface area contributed by atoms with Crippen LogP contribution in [-0.4, -0.2) is 54.4 Å². The number of nitrogens with zero attached hydrogens (tertiary/aromatic N) is 2. The van der Waals surface area contributed by atoms with Gasteiger partial charge in [0.05, 0.1) is 6.42 Å². The maximum atomic E-state index is 13.3. The van der Waals surface area contributed by atoms with E-state index in [0.717, 1.165) is 0 Å². The second-order valence-electron chi connectivity index (χ2n) is 6.38. The van der Waals surface area contributed by atoms with Gasteiger partial charge in [0.15, 0.2) is 0 Å². The molecule has 28 heavy (non-hydrogen) atoms. The van der Waals surface area contributed by atoms with Crippen LogP contribution < -0.4 is 4.74 Å². The van der Waals surface area contributed by atoms with Gasteiger partial charge in [0, 0.05) is 31.7 Å². The molecule has 0 aliphatic carbocycles. The molecule has 2 aromatic carbocycles. The highest BCUT2D eigenvalue weighted by atomic mass is 19.3. The van der Waals surface area contributed by atoms with Gasteiger partial charge in [-0.25, -0.2) is 4.39 Å². The van der Waals surface area contributed by atoms with Crippen LogP contribution in [0.5, 0.6) is 5.75 Å². The Balaban J connectivity index is 1.51. The van der Waals surface area contributed by atoms with Crippen LogP contribution >= 0.6 is 0 Å². The van der Waals surface area contributed by atoms with Crippen LogP contribution in [0.15, 0.2) is 48.5 Å². The number of rotatable bonds is 5. The first-order valence-electron chi connectivity index (χ1n) is 8.79. The maximum Gasteiger partial charge on any atom is 0.387 e. The molecule has 1 aliphatic rings. The third-order valence-corrected chi connectivity index (χ3v) is 4.50.